The van der Waals surface area contributed by atoms with Crippen molar-refractivity contribution >= 4 is 0 Å². The van der Waals surface area contributed by atoms with E-state index in [4.69, 9.17) is 0 Å². The molecular weight excluding hydrogens is 292 g/mol. The Morgan fingerprint density at radius 3 is 1.46 bits per heavy atom. The molecule has 0 saturated carbocycles. The molecule has 1 heterocycles. The lowest BCUT2D eigenvalue weighted by molar-refractivity contribution is 1.18. The van der Waals surface area contributed by atoms with E-state index in [2.05, 4.69) is 76.7 Å². The quantitative estimate of drug-likeness (QED) is 0.501. The van der Waals surface area contributed by atoms with Crippen molar-refractivity contribution in [2.24, 2.45) is 0 Å². The smallest absolute Gasteiger partial charge is 0.160 e. The number of nitrogens with zero attached hydrogens (tertiary/aromatic N) is 2. The second-order valence-corrected chi connectivity index (χ2v) is 5.53. The Bertz CT molecular complexity index is 876. The number of rotatable bonds is 3. The summed E-state index contributed by atoms with van der Waals surface area (Å²) in [6.45, 7) is 0. The van der Waals surface area contributed by atoms with Crippen molar-refractivity contribution < 1.29 is 0 Å². The summed E-state index contributed by atoms with van der Waals surface area (Å²) in [6, 6.07) is 29.0. The lowest BCUT2D eigenvalue weighted by Gasteiger charge is -2.14. The van der Waals surface area contributed by atoms with Crippen LogP contribution in [0.15, 0.2) is 97.3 Å². The van der Waals surface area contributed by atoms with Gasteiger partial charge < -0.3 is 0 Å². The second-order valence-electron chi connectivity index (χ2n) is 5.53. The Balaban J connectivity index is 2.02. The van der Waals surface area contributed by atoms with Gasteiger partial charge in [0, 0.05) is 18.0 Å². The highest BCUT2D eigenvalue weighted by Gasteiger charge is 2.15. The molecule has 0 N–H and O–H groups in total. The van der Waals surface area contributed by atoms with Gasteiger partial charge in [-0.15, -0.1) is 0 Å². The molecule has 0 amide bonds. The first kappa shape index (κ1) is 14.3. The van der Waals surface area contributed by atoms with Crippen molar-refractivity contribution in [2.45, 2.75) is 0 Å². The zero-order chi connectivity index (χ0) is 16.2. The van der Waals surface area contributed by atoms with Gasteiger partial charge in [0.1, 0.15) is 0 Å². The van der Waals surface area contributed by atoms with E-state index in [-0.39, 0.29) is 0 Å². The van der Waals surface area contributed by atoms with E-state index >= 15 is 0 Å². The Kier molecular flexibility index (Phi) is 3.86. The molecule has 2 heteroatoms. The van der Waals surface area contributed by atoms with Gasteiger partial charge in [-0.3, -0.25) is 0 Å². The molecule has 0 fully saturated rings. The highest BCUT2D eigenvalue weighted by Crippen LogP contribution is 2.38. The van der Waals surface area contributed by atoms with Gasteiger partial charge in [0.25, 0.3) is 0 Å². The van der Waals surface area contributed by atoms with E-state index in [1.165, 1.54) is 0 Å². The minimum Gasteiger partial charge on any atom is -0.237 e. The molecule has 0 aliphatic rings. The zero-order valence-electron chi connectivity index (χ0n) is 13.1. The SMILES string of the molecule is c1ccc(-c2cccc(-c3ccccc3)c2-c2ncccn2)cc1. The van der Waals surface area contributed by atoms with Gasteiger partial charge in [-0.1, -0.05) is 78.9 Å². The van der Waals surface area contributed by atoms with E-state index in [1.807, 2.05) is 18.2 Å². The van der Waals surface area contributed by atoms with Crippen molar-refractivity contribution in [3.8, 4) is 33.6 Å². The van der Waals surface area contributed by atoms with Crippen LogP contribution in [-0.4, -0.2) is 9.97 Å². The number of benzene rings is 3. The van der Waals surface area contributed by atoms with Gasteiger partial charge >= 0.3 is 0 Å². The summed E-state index contributed by atoms with van der Waals surface area (Å²) in [4.78, 5) is 9.02. The van der Waals surface area contributed by atoms with Crippen molar-refractivity contribution in [1.29, 1.82) is 0 Å². The maximum absolute atomic E-state index is 4.51. The summed E-state index contributed by atoms with van der Waals surface area (Å²) in [7, 11) is 0. The largest absolute Gasteiger partial charge is 0.237 e. The van der Waals surface area contributed by atoms with Crippen LogP contribution in [0.25, 0.3) is 33.6 Å². The van der Waals surface area contributed by atoms with Crippen LogP contribution in [0.5, 0.6) is 0 Å². The van der Waals surface area contributed by atoms with Gasteiger partial charge in [-0.25, -0.2) is 9.97 Å². The molecule has 0 unspecified atom stereocenters. The average Bonchev–Trinajstić information content (AvgIpc) is 2.69. The number of hydrogen-bond donors (Lipinski definition) is 0. The maximum Gasteiger partial charge on any atom is 0.160 e. The van der Waals surface area contributed by atoms with E-state index in [1.54, 1.807) is 12.4 Å². The Morgan fingerprint density at radius 2 is 0.958 bits per heavy atom. The van der Waals surface area contributed by atoms with Crippen LogP contribution < -0.4 is 0 Å². The Hall–Kier alpha value is -3.26. The minimum absolute atomic E-state index is 0.746. The first-order valence-corrected chi connectivity index (χ1v) is 7.95. The van der Waals surface area contributed by atoms with Gasteiger partial charge in [0.05, 0.1) is 0 Å². The lowest BCUT2D eigenvalue weighted by Crippen LogP contribution is -1.94. The third kappa shape index (κ3) is 2.70. The molecule has 0 aliphatic heterocycles. The second kappa shape index (κ2) is 6.47. The van der Waals surface area contributed by atoms with Gasteiger partial charge in [-0.05, 0) is 28.3 Å². The third-order valence-electron chi connectivity index (χ3n) is 4.02. The van der Waals surface area contributed by atoms with Crippen molar-refractivity contribution in [3.05, 3.63) is 97.3 Å². The molecule has 0 radical (unpaired) electrons. The summed E-state index contributed by atoms with van der Waals surface area (Å²) in [6.07, 6.45) is 3.58. The van der Waals surface area contributed by atoms with Crippen molar-refractivity contribution in [2.75, 3.05) is 0 Å². The number of hydrogen-bond acceptors (Lipinski definition) is 2. The van der Waals surface area contributed by atoms with Crippen LogP contribution in [0, 0.1) is 0 Å². The van der Waals surface area contributed by atoms with E-state index < -0.39 is 0 Å². The van der Waals surface area contributed by atoms with E-state index in [9.17, 15) is 0 Å². The summed E-state index contributed by atoms with van der Waals surface area (Å²) < 4.78 is 0. The molecule has 3 aromatic carbocycles. The fraction of sp³-hybridized carbons (Fsp3) is 0. The molecule has 4 rings (SSSR count). The molecule has 0 saturated heterocycles. The molecule has 0 aliphatic carbocycles. The van der Waals surface area contributed by atoms with Gasteiger partial charge in [0.15, 0.2) is 5.82 Å². The third-order valence-corrected chi connectivity index (χ3v) is 4.02. The maximum atomic E-state index is 4.51. The predicted octanol–water partition coefficient (Wildman–Crippen LogP) is 5.48. The highest BCUT2D eigenvalue weighted by molar-refractivity contribution is 5.92. The summed E-state index contributed by atoms with van der Waals surface area (Å²) in [5.74, 6) is 0.746. The van der Waals surface area contributed by atoms with Crippen LogP contribution in [0.2, 0.25) is 0 Å². The van der Waals surface area contributed by atoms with Crippen LogP contribution in [0.4, 0.5) is 0 Å². The Labute approximate surface area is 141 Å². The normalized spacial score (nSPS) is 10.5. The Morgan fingerprint density at radius 1 is 0.458 bits per heavy atom. The monoisotopic (exact) mass is 308 g/mol. The molecule has 4 aromatic rings. The molecule has 24 heavy (non-hydrogen) atoms. The topological polar surface area (TPSA) is 25.8 Å². The summed E-state index contributed by atoms with van der Waals surface area (Å²) >= 11 is 0. The molecular formula is C22H16N2. The van der Waals surface area contributed by atoms with E-state index in [0.717, 1.165) is 33.6 Å². The van der Waals surface area contributed by atoms with Gasteiger partial charge in [0.2, 0.25) is 0 Å². The van der Waals surface area contributed by atoms with Crippen LogP contribution in [0.3, 0.4) is 0 Å². The zero-order valence-corrected chi connectivity index (χ0v) is 13.1. The van der Waals surface area contributed by atoms with Crippen LogP contribution in [-0.2, 0) is 0 Å². The standard InChI is InChI=1S/C22H16N2/c1-3-9-17(10-4-1)19-13-7-14-20(18-11-5-2-6-12-18)21(19)22-23-15-8-16-24-22/h1-16H. The summed E-state index contributed by atoms with van der Waals surface area (Å²) in [5, 5.41) is 0. The molecule has 114 valence electrons. The fourth-order valence-corrected chi connectivity index (χ4v) is 2.94. The molecule has 0 spiro atoms. The van der Waals surface area contributed by atoms with Crippen LogP contribution >= 0.6 is 0 Å². The first-order chi connectivity index (χ1) is 11.9. The molecule has 1 aromatic heterocycles. The number of aromatic nitrogens is 2. The first-order valence-electron chi connectivity index (χ1n) is 7.95. The highest BCUT2D eigenvalue weighted by atomic mass is 14.9. The van der Waals surface area contributed by atoms with E-state index in [0.29, 0.717) is 0 Å². The minimum atomic E-state index is 0.746. The predicted molar refractivity (Wildman–Crippen MR) is 98.3 cm³/mol. The van der Waals surface area contributed by atoms with Crippen LogP contribution in [0.1, 0.15) is 0 Å². The van der Waals surface area contributed by atoms with Gasteiger partial charge in [-0.2, -0.15) is 0 Å². The fourth-order valence-electron chi connectivity index (χ4n) is 2.94. The molecule has 0 bridgehead atoms. The summed E-state index contributed by atoms with van der Waals surface area (Å²) in [5.41, 5.74) is 5.68. The lowest BCUT2D eigenvalue weighted by atomic mass is 9.91. The van der Waals surface area contributed by atoms with Crippen molar-refractivity contribution in [1.82, 2.24) is 9.97 Å². The molecule has 2 nitrogen and oxygen atoms in total. The average molecular weight is 308 g/mol. The van der Waals surface area contributed by atoms with Crippen molar-refractivity contribution in [3.63, 3.8) is 0 Å². The molecule has 0 atom stereocenters.